The van der Waals surface area contributed by atoms with Crippen LogP contribution in [0.1, 0.15) is 45.4 Å². The summed E-state index contributed by atoms with van der Waals surface area (Å²) >= 11 is 0. The van der Waals surface area contributed by atoms with Gasteiger partial charge in [0.05, 0.1) is 6.54 Å². The van der Waals surface area contributed by atoms with Gasteiger partial charge in [0.15, 0.2) is 0 Å². The molecular weight excluding hydrogens is 372 g/mol. The highest BCUT2D eigenvalue weighted by molar-refractivity contribution is 5.95. The van der Waals surface area contributed by atoms with Crippen molar-refractivity contribution in [1.29, 1.82) is 0 Å². The molecule has 0 spiro atoms. The maximum Gasteiger partial charge on any atom is 0.321 e. The highest BCUT2D eigenvalue weighted by atomic mass is 16.5. The van der Waals surface area contributed by atoms with Gasteiger partial charge >= 0.3 is 6.03 Å². The van der Waals surface area contributed by atoms with Crippen molar-refractivity contribution in [1.82, 2.24) is 20.4 Å². The number of imide groups is 1. The Morgan fingerprint density at radius 1 is 1.07 bits per heavy atom. The second-order valence-corrected chi connectivity index (χ2v) is 9.25. The summed E-state index contributed by atoms with van der Waals surface area (Å²) in [5.74, 6) is 1.90. The number of urea groups is 1. The fourth-order valence-electron chi connectivity index (χ4n) is 5.73. The molecule has 2 saturated carbocycles. The van der Waals surface area contributed by atoms with E-state index in [1.54, 1.807) is 0 Å². The summed E-state index contributed by atoms with van der Waals surface area (Å²) in [4.78, 5) is 40.7. The van der Waals surface area contributed by atoms with E-state index in [1.165, 1.54) is 25.7 Å². The van der Waals surface area contributed by atoms with Gasteiger partial charge in [0.1, 0.15) is 6.10 Å². The van der Waals surface area contributed by atoms with Crippen LogP contribution in [-0.2, 0) is 14.3 Å². The van der Waals surface area contributed by atoms with E-state index < -0.39 is 6.03 Å². The zero-order valence-electron chi connectivity index (χ0n) is 17.4. The quantitative estimate of drug-likeness (QED) is 0.710. The van der Waals surface area contributed by atoms with Crippen LogP contribution in [0.25, 0.3) is 0 Å². The number of fused-ring (bicyclic) bond motifs is 2. The van der Waals surface area contributed by atoms with E-state index in [9.17, 15) is 14.4 Å². The molecule has 0 aromatic heterocycles. The minimum Gasteiger partial charge on any atom is -0.368 e. The van der Waals surface area contributed by atoms with E-state index in [-0.39, 0.29) is 30.5 Å². The number of rotatable bonds is 5. The van der Waals surface area contributed by atoms with E-state index in [0.29, 0.717) is 38.7 Å². The molecule has 4 fully saturated rings. The van der Waals surface area contributed by atoms with Crippen LogP contribution in [0.3, 0.4) is 0 Å². The van der Waals surface area contributed by atoms with Crippen molar-refractivity contribution in [3.8, 4) is 0 Å². The van der Waals surface area contributed by atoms with Gasteiger partial charge in [-0.05, 0) is 56.8 Å². The van der Waals surface area contributed by atoms with Crippen LogP contribution in [0, 0.1) is 17.8 Å². The Morgan fingerprint density at radius 3 is 2.48 bits per heavy atom. The predicted molar refractivity (Wildman–Crippen MR) is 107 cm³/mol. The van der Waals surface area contributed by atoms with E-state index >= 15 is 0 Å². The van der Waals surface area contributed by atoms with Crippen molar-refractivity contribution in [2.45, 2.75) is 57.6 Å². The van der Waals surface area contributed by atoms with Crippen LogP contribution in [0.4, 0.5) is 4.79 Å². The van der Waals surface area contributed by atoms with Crippen molar-refractivity contribution >= 4 is 17.8 Å². The van der Waals surface area contributed by atoms with E-state index in [1.807, 2.05) is 9.80 Å². The molecule has 2 aliphatic heterocycles. The minimum atomic E-state index is -0.391. The first kappa shape index (κ1) is 20.6. The number of carbonyl (C=O) groups is 3. The number of amides is 4. The number of nitrogens with one attached hydrogen (secondary N) is 2. The lowest BCUT2D eigenvalue weighted by Gasteiger charge is -2.35. The third-order valence-electron chi connectivity index (χ3n) is 7.30. The number of piperazine rings is 1. The minimum absolute atomic E-state index is 0.0700. The standard InChI is InChI=1S/C21H34N4O4/c1-14(17-12-15-4-5-16(17)11-15)22-21(28)23-19(26)13-24-6-8-25(9-7-24)20(27)18-3-2-10-29-18/h14-18H,2-13H2,1H3,(H2,22,23,26,28)/t14-,15-,16-,17-,18+/m0/s1. The van der Waals surface area contributed by atoms with Gasteiger partial charge in [-0.2, -0.15) is 0 Å². The van der Waals surface area contributed by atoms with Gasteiger partial charge in [0.25, 0.3) is 5.91 Å². The van der Waals surface area contributed by atoms with E-state index in [2.05, 4.69) is 17.6 Å². The first-order valence-electron chi connectivity index (χ1n) is 11.2. The van der Waals surface area contributed by atoms with Gasteiger partial charge in [-0.3, -0.25) is 19.8 Å². The van der Waals surface area contributed by atoms with Gasteiger partial charge in [-0.25, -0.2) is 4.79 Å². The molecule has 0 aromatic rings. The lowest BCUT2D eigenvalue weighted by Crippen LogP contribution is -2.54. The maximum atomic E-state index is 12.4. The Labute approximate surface area is 172 Å². The smallest absolute Gasteiger partial charge is 0.321 e. The molecule has 29 heavy (non-hydrogen) atoms. The number of hydrogen-bond acceptors (Lipinski definition) is 5. The molecule has 4 rings (SSSR count). The largest absolute Gasteiger partial charge is 0.368 e. The third kappa shape index (κ3) is 4.91. The summed E-state index contributed by atoms with van der Waals surface area (Å²) < 4.78 is 5.47. The van der Waals surface area contributed by atoms with Gasteiger partial charge in [-0.1, -0.05) is 6.42 Å². The third-order valence-corrected chi connectivity index (χ3v) is 7.30. The van der Waals surface area contributed by atoms with Crippen LogP contribution < -0.4 is 10.6 Å². The normalized spacial score (nSPS) is 32.9. The summed E-state index contributed by atoms with van der Waals surface area (Å²) in [6.45, 7) is 5.36. The highest BCUT2D eigenvalue weighted by Crippen LogP contribution is 2.49. The summed E-state index contributed by atoms with van der Waals surface area (Å²) in [6.07, 6.45) is 6.59. The first-order chi connectivity index (χ1) is 14.0. The Morgan fingerprint density at radius 2 is 1.86 bits per heavy atom. The molecular formula is C21H34N4O4. The van der Waals surface area contributed by atoms with E-state index in [0.717, 1.165) is 24.7 Å². The summed E-state index contributed by atoms with van der Waals surface area (Å²) in [6, 6.07) is -0.289. The molecule has 4 aliphatic rings. The summed E-state index contributed by atoms with van der Waals surface area (Å²) in [7, 11) is 0. The number of ether oxygens (including phenoxy) is 1. The van der Waals surface area contributed by atoms with Gasteiger partial charge in [-0.15, -0.1) is 0 Å². The summed E-state index contributed by atoms with van der Waals surface area (Å²) in [5, 5.41) is 5.45. The molecule has 0 aromatic carbocycles. The molecule has 2 bridgehead atoms. The SMILES string of the molecule is C[C@H](NC(=O)NC(=O)CN1CCN(C(=O)[C@H]2CCCO2)CC1)[C@@H]1C[C@H]2CC[C@H]1C2. The first-order valence-corrected chi connectivity index (χ1v) is 11.2. The van der Waals surface area contributed by atoms with Gasteiger partial charge in [0, 0.05) is 38.8 Å². The molecule has 8 nitrogen and oxygen atoms in total. The lowest BCUT2D eigenvalue weighted by atomic mass is 9.84. The number of nitrogens with zero attached hydrogens (tertiary/aromatic N) is 2. The van der Waals surface area contributed by atoms with Gasteiger partial charge < -0.3 is 15.0 Å². The second-order valence-electron chi connectivity index (χ2n) is 9.25. The van der Waals surface area contributed by atoms with Crippen molar-refractivity contribution in [3.63, 3.8) is 0 Å². The topological polar surface area (TPSA) is 91.0 Å². The van der Waals surface area contributed by atoms with Gasteiger partial charge in [0.2, 0.25) is 5.91 Å². The van der Waals surface area contributed by atoms with Crippen LogP contribution in [0.2, 0.25) is 0 Å². The van der Waals surface area contributed by atoms with Crippen molar-refractivity contribution in [2.24, 2.45) is 17.8 Å². The Kier molecular flexibility index (Phi) is 6.39. The van der Waals surface area contributed by atoms with E-state index in [4.69, 9.17) is 4.74 Å². The number of carbonyl (C=O) groups excluding carboxylic acids is 3. The van der Waals surface area contributed by atoms with Crippen LogP contribution in [-0.4, -0.2) is 79.1 Å². The molecule has 2 N–H and O–H groups in total. The lowest BCUT2D eigenvalue weighted by molar-refractivity contribution is -0.142. The molecule has 0 unspecified atom stereocenters. The Bertz CT molecular complexity index is 628. The molecule has 162 valence electrons. The molecule has 2 aliphatic carbocycles. The average Bonchev–Trinajstić information content (AvgIpc) is 3.45. The van der Waals surface area contributed by atoms with Crippen molar-refractivity contribution < 1.29 is 19.1 Å². The Balaban J connectivity index is 1.14. The summed E-state index contributed by atoms with van der Waals surface area (Å²) in [5.41, 5.74) is 0. The van der Waals surface area contributed by atoms with Crippen molar-refractivity contribution in [2.75, 3.05) is 39.3 Å². The van der Waals surface area contributed by atoms with Crippen molar-refractivity contribution in [3.05, 3.63) is 0 Å². The average molecular weight is 407 g/mol. The zero-order valence-corrected chi connectivity index (χ0v) is 17.4. The Hall–Kier alpha value is -1.67. The highest BCUT2D eigenvalue weighted by Gasteiger charge is 2.42. The molecule has 5 atom stereocenters. The van der Waals surface area contributed by atoms with Crippen LogP contribution in [0.5, 0.6) is 0 Å². The molecule has 4 amide bonds. The fraction of sp³-hybridized carbons (Fsp3) is 0.857. The van der Waals surface area contributed by atoms with Crippen LogP contribution in [0.15, 0.2) is 0 Å². The second kappa shape index (κ2) is 9.00. The van der Waals surface area contributed by atoms with Crippen LogP contribution >= 0.6 is 0 Å². The molecule has 2 heterocycles. The molecule has 2 saturated heterocycles. The fourth-order valence-corrected chi connectivity index (χ4v) is 5.73. The molecule has 0 radical (unpaired) electrons. The maximum absolute atomic E-state index is 12.4. The predicted octanol–water partition coefficient (Wildman–Crippen LogP) is 0.960. The molecule has 8 heteroatoms. The monoisotopic (exact) mass is 406 g/mol. The number of hydrogen-bond donors (Lipinski definition) is 2. The zero-order chi connectivity index (χ0) is 20.4.